The van der Waals surface area contributed by atoms with Crippen molar-refractivity contribution >= 4 is 32.9 Å². The first-order chi connectivity index (χ1) is 9.67. The van der Waals surface area contributed by atoms with Crippen LogP contribution in [0.5, 0.6) is 11.6 Å². The van der Waals surface area contributed by atoms with Gasteiger partial charge in [0.2, 0.25) is 11.8 Å². The summed E-state index contributed by atoms with van der Waals surface area (Å²) >= 11 is 3.42. The third kappa shape index (κ3) is 2.30. The van der Waals surface area contributed by atoms with Crippen molar-refractivity contribution in [2.75, 3.05) is 5.43 Å². The van der Waals surface area contributed by atoms with Crippen molar-refractivity contribution in [3.8, 4) is 11.6 Å². The SMILES string of the molecule is Cc1cc(Br)ccc1Oc1nc(NN)nc2[nH]ncc12. The Hall–Kier alpha value is -2.19. The zero-order chi connectivity index (χ0) is 14.1. The van der Waals surface area contributed by atoms with E-state index in [9.17, 15) is 0 Å². The average molecular weight is 335 g/mol. The summed E-state index contributed by atoms with van der Waals surface area (Å²) < 4.78 is 6.84. The minimum Gasteiger partial charge on any atom is -0.438 e. The topological polar surface area (TPSA) is 102 Å². The Morgan fingerprint density at radius 2 is 2.20 bits per heavy atom. The number of aromatic amines is 1. The molecule has 0 aliphatic carbocycles. The maximum absolute atomic E-state index is 5.85. The summed E-state index contributed by atoms with van der Waals surface area (Å²) in [5.41, 5.74) is 3.94. The van der Waals surface area contributed by atoms with Gasteiger partial charge < -0.3 is 4.74 Å². The van der Waals surface area contributed by atoms with Crippen molar-refractivity contribution in [1.82, 2.24) is 20.2 Å². The van der Waals surface area contributed by atoms with E-state index in [1.54, 1.807) is 6.20 Å². The minimum absolute atomic E-state index is 0.256. The fourth-order valence-electron chi connectivity index (χ4n) is 1.78. The van der Waals surface area contributed by atoms with E-state index in [0.29, 0.717) is 22.7 Å². The molecule has 20 heavy (non-hydrogen) atoms. The number of benzene rings is 1. The van der Waals surface area contributed by atoms with Gasteiger partial charge in [-0.3, -0.25) is 10.5 Å². The van der Waals surface area contributed by atoms with E-state index in [0.717, 1.165) is 10.0 Å². The van der Waals surface area contributed by atoms with Crippen LogP contribution in [0.4, 0.5) is 5.95 Å². The number of halogens is 1. The monoisotopic (exact) mass is 334 g/mol. The zero-order valence-corrected chi connectivity index (χ0v) is 12.1. The molecule has 0 aliphatic heterocycles. The van der Waals surface area contributed by atoms with E-state index in [-0.39, 0.29) is 5.95 Å². The van der Waals surface area contributed by atoms with Gasteiger partial charge >= 0.3 is 0 Å². The van der Waals surface area contributed by atoms with Crippen molar-refractivity contribution in [1.29, 1.82) is 0 Å². The average Bonchev–Trinajstić information content (AvgIpc) is 2.90. The van der Waals surface area contributed by atoms with Crippen LogP contribution < -0.4 is 16.0 Å². The van der Waals surface area contributed by atoms with E-state index in [1.165, 1.54) is 0 Å². The smallest absolute Gasteiger partial charge is 0.242 e. The second kappa shape index (κ2) is 5.06. The molecule has 0 atom stereocenters. The molecular formula is C12H11BrN6O. The second-order valence-corrected chi connectivity index (χ2v) is 5.06. The molecule has 0 saturated carbocycles. The normalized spacial score (nSPS) is 10.8. The molecule has 8 heteroatoms. The number of H-pyrrole nitrogens is 1. The molecule has 0 bridgehead atoms. The number of hydrogen-bond acceptors (Lipinski definition) is 6. The number of aryl methyl sites for hydroxylation is 1. The van der Waals surface area contributed by atoms with Gasteiger partial charge in [-0.1, -0.05) is 15.9 Å². The Morgan fingerprint density at radius 1 is 1.35 bits per heavy atom. The lowest BCUT2D eigenvalue weighted by atomic mass is 10.2. The Morgan fingerprint density at radius 3 is 2.95 bits per heavy atom. The highest BCUT2D eigenvalue weighted by atomic mass is 79.9. The number of ether oxygens (including phenoxy) is 1. The molecule has 3 rings (SSSR count). The third-order valence-corrected chi connectivity index (χ3v) is 3.24. The van der Waals surface area contributed by atoms with Gasteiger partial charge in [0.25, 0.3) is 0 Å². The van der Waals surface area contributed by atoms with Gasteiger partial charge in [-0.05, 0) is 30.7 Å². The van der Waals surface area contributed by atoms with Crippen LogP contribution >= 0.6 is 15.9 Å². The number of anilines is 1. The number of rotatable bonds is 3. The number of nitrogens with zero attached hydrogens (tertiary/aromatic N) is 3. The maximum Gasteiger partial charge on any atom is 0.242 e. The molecule has 2 heterocycles. The predicted octanol–water partition coefficient (Wildman–Crippen LogP) is 2.50. The number of nitrogen functional groups attached to an aromatic ring is 1. The number of hydrazine groups is 1. The molecule has 0 amide bonds. The molecular weight excluding hydrogens is 324 g/mol. The largest absolute Gasteiger partial charge is 0.438 e. The number of fused-ring (bicyclic) bond motifs is 1. The summed E-state index contributed by atoms with van der Waals surface area (Å²) in [6.45, 7) is 1.95. The quantitative estimate of drug-likeness (QED) is 0.502. The van der Waals surface area contributed by atoms with Gasteiger partial charge in [0.15, 0.2) is 5.65 Å². The Kier molecular flexibility index (Phi) is 3.25. The number of nitrogens with one attached hydrogen (secondary N) is 2. The lowest BCUT2D eigenvalue weighted by molar-refractivity contribution is 0.465. The predicted molar refractivity (Wildman–Crippen MR) is 78.4 cm³/mol. The van der Waals surface area contributed by atoms with Crippen molar-refractivity contribution in [2.45, 2.75) is 6.92 Å². The van der Waals surface area contributed by atoms with Gasteiger partial charge in [-0.15, -0.1) is 0 Å². The number of hydrogen-bond donors (Lipinski definition) is 3. The summed E-state index contributed by atoms with van der Waals surface area (Å²) in [4.78, 5) is 8.35. The molecule has 1 aromatic carbocycles. The van der Waals surface area contributed by atoms with E-state index >= 15 is 0 Å². The first-order valence-corrected chi connectivity index (χ1v) is 6.58. The van der Waals surface area contributed by atoms with Gasteiger partial charge in [0, 0.05) is 4.47 Å². The summed E-state index contributed by atoms with van der Waals surface area (Å²) in [7, 11) is 0. The molecule has 0 radical (unpaired) electrons. The summed E-state index contributed by atoms with van der Waals surface area (Å²) in [6, 6.07) is 5.73. The van der Waals surface area contributed by atoms with Crippen molar-refractivity contribution in [3.05, 3.63) is 34.4 Å². The molecule has 0 unspecified atom stereocenters. The molecule has 0 saturated heterocycles. The highest BCUT2D eigenvalue weighted by Gasteiger charge is 2.12. The fourth-order valence-corrected chi connectivity index (χ4v) is 2.26. The first kappa shape index (κ1) is 12.8. The van der Waals surface area contributed by atoms with Crippen LogP contribution in [0.25, 0.3) is 11.0 Å². The Labute approximate surface area is 122 Å². The molecule has 0 spiro atoms. The van der Waals surface area contributed by atoms with Crippen molar-refractivity contribution < 1.29 is 4.74 Å². The summed E-state index contributed by atoms with van der Waals surface area (Å²) in [6.07, 6.45) is 1.61. The summed E-state index contributed by atoms with van der Waals surface area (Å²) in [5, 5.41) is 7.38. The molecule has 102 valence electrons. The van der Waals surface area contributed by atoms with Crippen LogP contribution in [0, 0.1) is 6.92 Å². The Balaban J connectivity index is 2.07. The van der Waals surface area contributed by atoms with Crippen LogP contribution in [-0.2, 0) is 0 Å². The second-order valence-electron chi connectivity index (χ2n) is 4.14. The van der Waals surface area contributed by atoms with Crippen LogP contribution in [0.1, 0.15) is 5.56 Å². The van der Waals surface area contributed by atoms with Crippen molar-refractivity contribution in [3.63, 3.8) is 0 Å². The van der Waals surface area contributed by atoms with Gasteiger partial charge in [0.05, 0.1) is 6.20 Å². The van der Waals surface area contributed by atoms with Gasteiger partial charge in [0.1, 0.15) is 11.1 Å². The van der Waals surface area contributed by atoms with Gasteiger partial charge in [-0.25, -0.2) is 5.84 Å². The zero-order valence-electron chi connectivity index (χ0n) is 10.5. The minimum atomic E-state index is 0.256. The molecule has 0 aliphatic rings. The van der Waals surface area contributed by atoms with Crippen LogP contribution in [0.15, 0.2) is 28.9 Å². The lowest BCUT2D eigenvalue weighted by Crippen LogP contribution is -2.11. The van der Waals surface area contributed by atoms with E-state index in [2.05, 4.69) is 41.5 Å². The van der Waals surface area contributed by atoms with Crippen LogP contribution in [0.2, 0.25) is 0 Å². The third-order valence-electron chi connectivity index (χ3n) is 2.75. The highest BCUT2D eigenvalue weighted by molar-refractivity contribution is 9.10. The van der Waals surface area contributed by atoms with E-state index in [4.69, 9.17) is 10.6 Å². The molecule has 2 aromatic heterocycles. The number of nitrogens with two attached hydrogens (primary N) is 1. The van der Waals surface area contributed by atoms with Crippen molar-refractivity contribution in [2.24, 2.45) is 5.84 Å². The molecule has 7 nitrogen and oxygen atoms in total. The summed E-state index contributed by atoms with van der Waals surface area (Å²) in [5.74, 6) is 6.70. The van der Waals surface area contributed by atoms with Crippen LogP contribution in [0.3, 0.4) is 0 Å². The standard InChI is InChI=1S/C12H11BrN6O/c1-6-4-7(13)2-3-9(6)20-11-8-5-15-19-10(8)16-12(17-11)18-14/h2-5H,14H2,1H3,(H2,15,16,17,18,19). The van der Waals surface area contributed by atoms with Crippen LogP contribution in [-0.4, -0.2) is 20.2 Å². The maximum atomic E-state index is 5.85. The molecule has 4 N–H and O–H groups in total. The Bertz CT molecular complexity index is 772. The lowest BCUT2D eigenvalue weighted by Gasteiger charge is -2.09. The van der Waals surface area contributed by atoms with E-state index in [1.807, 2.05) is 25.1 Å². The van der Waals surface area contributed by atoms with E-state index < -0.39 is 0 Å². The first-order valence-electron chi connectivity index (χ1n) is 5.79. The van der Waals surface area contributed by atoms with Gasteiger partial charge in [-0.2, -0.15) is 15.1 Å². The fraction of sp³-hybridized carbons (Fsp3) is 0.0833. The number of aromatic nitrogens is 4. The molecule has 0 fully saturated rings. The highest BCUT2D eigenvalue weighted by Crippen LogP contribution is 2.30. The molecule has 3 aromatic rings.